The number of benzene rings is 1. The van der Waals surface area contributed by atoms with Gasteiger partial charge in [0.2, 0.25) is 12.6 Å². The molecule has 0 saturated heterocycles. The number of esters is 1. The zero-order valence-corrected chi connectivity index (χ0v) is 20.1. The van der Waals surface area contributed by atoms with Gasteiger partial charge in [-0.3, -0.25) is 0 Å². The molecule has 0 aliphatic rings. The van der Waals surface area contributed by atoms with Crippen molar-refractivity contribution in [2.24, 2.45) is 7.05 Å². The van der Waals surface area contributed by atoms with Crippen molar-refractivity contribution in [1.29, 1.82) is 0 Å². The van der Waals surface area contributed by atoms with E-state index in [4.69, 9.17) is 13.9 Å². The second kappa shape index (κ2) is 12.1. The number of ether oxygens (including phenoxy) is 2. The van der Waals surface area contributed by atoms with Crippen LogP contribution >= 0.6 is 0 Å². The maximum Gasteiger partial charge on any atom is 0.333 e. The first kappa shape index (κ1) is 26.8. The Hall–Kier alpha value is -3.47. The smallest absolute Gasteiger partial charge is 0.333 e. The van der Waals surface area contributed by atoms with Crippen molar-refractivity contribution >= 4 is 22.2 Å². The van der Waals surface area contributed by atoms with E-state index < -0.39 is 28.4 Å². The third-order valence-electron chi connectivity index (χ3n) is 4.53. The van der Waals surface area contributed by atoms with Crippen molar-refractivity contribution in [3.05, 3.63) is 91.4 Å². The summed E-state index contributed by atoms with van der Waals surface area (Å²) in [6.45, 7) is 10.9. The van der Waals surface area contributed by atoms with Crippen LogP contribution in [0.2, 0.25) is 0 Å². The van der Waals surface area contributed by atoms with Gasteiger partial charge in [0.1, 0.15) is 22.5 Å². The number of rotatable bonds is 9. The summed E-state index contributed by atoms with van der Waals surface area (Å²) < 4.78 is 51.4. The summed E-state index contributed by atoms with van der Waals surface area (Å²) in [4.78, 5) is 11.5. The molecule has 0 aliphatic heterocycles. The second-order valence-corrected chi connectivity index (χ2v) is 8.86. The van der Waals surface area contributed by atoms with Gasteiger partial charge in [-0.15, -0.1) is 0 Å². The molecule has 0 bridgehead atoms. The van der Waals surface area contributed by atoms with Crippen LogP contribution in [0.15, 0.2) is 89.6 Å². The van der Waals surface area contributed by atoms with E-state index in [1.165, 1.54) is 24.3 Å². The number of aromatic nitrogens is 2. The minimum Gasteiger partial charge on any atom is -0.744 e. The summed E-state index contributed by atoms with van der Waals surface area (Å²) in [6, 6.07) is 7.41. The molecule has 0 amide bonds. The molecule has 10 heteroatoms. The highest BCUT2D eigenvalue weighted by molar-refractivity contribution is 7.85. The minimum atomic E-state index is -4.31. The number of carbonyl (C=O) groups is 1. The molecule has 3 rings (SSSR count). The first-order valence-electron chi connectivity index (χ1n) is 10.2. The largest absolute Gasteiger partial charge is 0.744 e. The van der Waals surface area contributed by atoms with Gasteiger partial charge in [0, 0.05) is 11.1 Å². The molecule has 9 nitrogen and oxygen atoms in total. The molecule has 0 aliphatic carbocycles. The van der Waals surface area contributed by atoms with Crippen molar-refractivity contribution in [1.82, 2.24) is 4.57 Å². The number of hydrogen-bond donors (Lipinski definition) is 0. The monoisotopic (exact) mass is 488 g/mol. The van der Waals surface area contributed by atoms with Crippen LogP contribution in [0.25, 0.3) is 6.08 Å². The summed E-state index contributed by atoms with van der Waals surface area (Å²) in [5.41, 5.74) is 2.06. The van der Waals surface area contributed by atoms with Crippen molar-refractivity contribution in [3.8, 4) is 0 Å². The number of furan rings is 1. The number of hydrogen-bond acceptors (Lipinski definition) is 7. The van der Waals surface area contributed by atoms with E-state index in [0.29, 0.717) is 12.2 Å². The Morgan fingerprint density at radius 3 is 2.44 bits per heavy atom. The lowest BCUT2D eigenvalue weighted by atomic mass is 10.2. The fourth-order valence-electron chi connectivity index (χ4n) is 2.74. The maximum atomic E-state index is 11.7. The third kappa shape index (κ3) is 8.14. The van der Waals surface area contributed by atoms with E-state index in [9.17, 15) is 17.8 Å². The molecular formula is C24H28N2O7S. The Balaban J connectivity index is 0.000000287. The molecule has 0 fully saturated rings. The van der Waals surface area contributed by atoms with Crippen LogP contribution in [0.5, 0.6) is 0 Å². The summed E-state index contributed by atoms with van der Waals surface area (Å²) in [5, 5.41) is 0. The Morgan fingerprint density at radius 2 is 1.97 bits per heavy atom. The lowest BCUT2D eigenvalue weighted by Crippen LogP contribution is -2.31. The molecule has 2 aromatic heterocycles. The SMILES string of the molecule is C=C(C)C(=O)OC(C)C(OCc1ccoc1)n1cc[n+](C)c1.C=Cc1ccc(S(=O)(=O)[O-])cc1. The van der Waals surface area contributed by atoms with Crippen LogP contribution in [-0.2, 0) is 38.0 Å². The van der Waals surface area contributed by atoms with Gasteiger partial charge in [0.05, 0.1) is 31.1 Å². The first-order valence-corrected chi connectivity index (χ1v) is 11.6. The molecular weight excluding hydrogens is 460 g/mol. The molecule has 3 aromatic rings. The fraction of sp³-hybridized carbons (Fsp3) is 0.250. The fourth-order valence-corrected chi connectivity index (χ4v) is 3.21. The van der Waals surface area contributed by atoms with Crippen LogP contribution < -0.4 is 4.57 Å². The summed E-state index contributed by atoms with van der Waals surface area (Å²) in [7, 11) is -2.40. The van der Waals surface area contributed by atoms with E-state index in [2.05, 4.69) is 13.2 Å². The van der Waals surface area contributed by atoms with Crippen molar-refractivity contribution in [2.45, 2.75) is 37.7 Å². The van der Waals surface area contributed by atoms with Crippen molar-refractivity contribution in [2.75, 3.05) is 0 Å². The highest BCUT2D eigenvalue weighted by Crippen LogP contribution is 2.19. The average Bonchev–Trinajstić information content (AvgIpc) is 3.45. The lowest BCUT2D eigenvalue weighted by molar-refractivity contribution is -0.671. The van der Waals surface area contributed by atoms with Gasteiger partial charge in [-0.25, -0.2) is 22.3 Å². The highest BCUT2D eigenvalue weighted by atomic mass is 32.2. The standard InChI is InChI=1S/C16H21N2O4.C8H8O3S/c1-12(2)16(19)22-13(3)15(18-7-6-17(4)11-18)21-10-14-5-8-20-9-14;1-2-7-3-5-8(6-4-7)12(9,10)11/h5-9,11,13,15H,1,10H2,2-4H3;2-6H,1H2,(H,9,10,11)/q+1;/p-1. The summed E-state index contributed by atoms with van der Waals surface area (Å²) >= 11 is 0. The zero-order valence-electron chi connectivity index (χ0n) is 19.3. The van der Waals surface area contributed by atoms with Gasteiger partial charge >= 0.3 is 5.97 Å². The Labute approximate surface area is 199 Å². The number of carbonyl (C=O) groups excluding carboxylic acids is 1. The van der Waals surface area contributed by atoms with E-state index in [1.54, 1.807) is 32.4 Å². The molecule has 1 aromatic carbocycles. The van der Waals surface area contributed by atoms with Crippen LogP contribution in [0.4, 0.5) is 0 Å². The predicted molar refractivity (Wildman–Crippen MR) is 123 cm³/mol. The van der Waals surface area contributed by atoms with E-state index >= 15 is 0 Å². The number of aryl methyl sites for hydroxylation is 1. The van der Waals surface area contributed by atoms with Gasteiger partial charge in [0.25, 0.3) is 0 Å². The molecule has 34 heavy (non-hydrogen) atoms. The van der Waals surface area contributed by atoms with Gasteiger partial charge in [0.15, 0.2) is 6.10 Å². The molecule has 2 atom stereocenters. The number of nitrogens with zero attached hydrogens (tertiary/aromatic N) is 2. The van der Waals surface area contributed by atoms with E-state index in [1.807, 2.05) is 41.0 Å². The van der Waals surface area contributed by atoms with Crippen LogP contribution in [-0.4, -0.2) is 29.6 Å². The molecule has 0 saturated carbocycles. The lowest BCUT2D eigenvalue weighted by Gasteiger charge is -2.21. The zero-order chi connectivity index (χ0) is 25.3. The van der Waals surface area contributed by atoms with Gasteiger partial charge in [-0.2, -0.15) is 0 Å². The van der Waals surface area contributed by atoms with Crippen LogP contribution in [0.3, 0.4) is 0 Å². The number of imidazole rings is 1. The van der Waals surface area contributed by atoms with E-state index in [-0.39, 0.29) is 4.90 Å². The van der Waals surface area contributed by atoms with Crippen LogP contribution in [0.1, 0.15) is 31.2 Å². The second-order valence-electron chi connectivity index (χ2n) is 7.48. The maximum absolute atomic E-state index is 11.7. The topological polar surface area (TPSA) is 115 Å². The Morgan fingerprint density at radius 1 is 1.29 bits per heavy atom. The third-order valence-corrected chi connectivity index (χ3v) is 5.38. The predicted octanol–water partition coefficient (Wildman–Crippen LogP) is 3.36. The van der Waals surface area contributed by atoms with Crippen molar-refractivity contribution in [3.63, 3.8) is 0 Å². The molecule has 0 spiro atoms. The highest BCUT2D eigenvalue weighted by Gasteiger charge is 2.28. The molecule has 0 N–H and O–H groups in total. The Bertz CT molecular complexity index is 1200. The van der Waals surface area contributed by atoms with Gasteiger partial charge in [-0.05, 0) is 37.6 Å². The van der Waals surface area contributed by atoms with E-state index in [0.717, 1.165) is 11.1 Å². The average molecular weight is 489 g/mol. The summed E-state index contributed by atoms with van der Waals surface area (Å²) in [6.07, 6.45) is 9.49. The first-order chi connectivity index (χ1) is 16.0. The van der Waals surface area contributed by atoms with Crippen molar-refractivity contribution < 1.29 is 36.2 Å². The van der Waals surface area contributed by atoms with Crippen LogP contribution in [0, 0.1) is 0 Å². The normalized spacial score (nSPS) is 12.7. The quantitative estimate of drug-likeness (QED) is 0.196. The van der Waals surface area contributed by atoms with Gasteiger partial charge < -0.3 is 18.4 Å². The molecule has 2 unspecified atom stereocenters. The molecule has 182 valence electrons. The van der Waals surface area contributed by atoms with Gasteiger partial charge in [-0.1, -0.05) is 31.4 Å². The summed E-state index contributed by atoms with van der Waals surface area (Å²) in [5.74, 6) is -0.430. The molecule has 0 radical (unpaired) electrons. The Kier molecular flexibility index (Phi) is 9.55. The molecule has 2 heterocycles. The minimum absolute atomic E-state index is 0.215.